The summed E-state index contributed by atoms with van der Waals surface area (Å²) in [5, 5.41) is 14.0. The number of hydrogen-bond acceptors (Lipinski definition) is 8. The van der Waals surface area contributed by atoms with Crippen LogP contribution in [0.15, 0.2) is 91.1 Å². The van der Waals surface area contributed by atoms with E-state index < -0.39 is 5.97 Å². The van der Waals surface area contributed by atoms with Crippen molar-refractivity contribution in [3.05, 3.63) is 107 Å². The molecule has 0 radical (unpaired) electrons. The minimum Gasteiger partial charge on any atom is -0.423 e. The van der Waals surface area contributed by atoms with Crippen LogP contribution in [0.25, 0.3) is 22.0 Å². The van der Waals surface area contributed by atoms with Gasteiger partial charge in [-0.15, -0.1) is 0 Å². The first-order valence-corrected chi connectivity index (χ1v) is 14.6. The molecule has 1 aliphatic rings. The van der Waals surface area contributed by atoms with Crippen molar-refractivity contribution in [2.45, 2.75) is 6.92 Å². The number of esters is 1. The molecule has 0 bridgehead atoms. The number of fused-ring (bicyclic) bond motifs is 1. The molecule has 1 aromatic heterocycles. The van der Waals surface area contributed by atoms with E-state index in [1.54, 1.807) is 48.7 Å². The zero-order chi connectivity index (χ0) is 29.8. The van der Waals surface area contributed by atoms with Crippen LogP contribution in [0.5, 0.6) is 5.75 Å². The molecule has 6 rings (SSSR count). The summed E-state index contributed by atoms with van der Waals surface area (Å²) in [4.78, 5) is 26.5. The number of carbonyl (C=O) groups is 1. The Morgan fingerprint density at radius 1 is 0.977 bits per heavy atom. The number of aromatic nitrogens is 2. The number of benzene rings is 4. The van der Waals surface area contributed by atoms with Gasteiger partial charge in [-0.2, -0.15) is 0 Å². The second kappa shape index (κ2) is 12.8. The van der Waals surface area contributed by atoms with E-state index in [9.17, 15) is 9.90 Å². The SMILES string of the molecule is Cc1cc(Nc2ncc3cc(-c4cc(OC(=O)c5ccccc5)ccc4Cl)ccc3n2)cc(N2CCN(CCO)CC2)c1. The summed E-state index contributed by atoms with van der Waals surface area (Å²) in [5.74, 6) is 0.494. The van der Waals surface area contributed by atoms with E-state index in [0.29, 0.717) is 22.3 Å². The molecule has 0 saturated carbocycles. The van der Waals surface area contributed by atoms with Crippen molar-refractivity contribution in [1.29, 1.82) is 0 Å². The van der Waals surface area contributed by atoms with Crippen LogP contribution in [0.3, 0.4) is 0 Å². The Hall–Kier alpha value is -4.50. The quantitative estimate of drug-likeness (QED) is 0.159. The van der Waals surface area contributed by atoms with Gasteiger partial charge in [-0.25, -0.2) is 14.8 Å². The van der Waals surface area contributed by atoms with Crippen molar-refractivity contribution >= 4 is 45.8 Å². The molecule has 43 heavy (non-hydrogen) atoms. The number of aliphatic hydroxyl groups is 1. The molecule has 0 amide bonds. The summed E-state index contributed by atoms with van der Waals surface area (Å²) in [6.07, 6.45) is 1.79. The monoisotopic (exact) mass is 593 g/mol. The highest BCUT2D eigenvalue weighted by Gasteiger charge is 2.18. The standard InChI is InChI=1S/C34H32ClN5O3/c1-23-17-27(20-28(18-23)40-13-11-39(12-14-40)15-16-41)37-34-36-22-26-19-25(7-10-32(26)38-34)30-21-29(8-9-31(30)35)43-33(42)24-5-3-2-4-6-24/h2-10,17-22,41H,11-16H2,1H3,(H,36,37,38). The Labute approximate surface area is 255 Å². The van der Waals surface area contributed by atoms with E-state index in [0.717, 1.165) is 71.7 Å². The number of rotatable bonds is 8. The summed E-state index contributed by atoms with van der Waals surface area (Å²) in [5.41, 5.74) is 6.11. The minimum absolute atomic E-state index is 0.193. The Kier molecular flexibility index (Phi) is 8.51. The fourth-order valence-electron chi connectivity index (χ4n) is 5.31. The van der Waals surface area contributed by atoms with Gasteiger partial charge in [0.15, 0.2) is 0 Å². The number of nitrogens with zero attached hydrogens (tertiary/aromatic N) is 4. The van der Waals surface area contributed by atoms with Gasteiger partial charge in [-0.1, -0.05) is 35.9 Å². The van der Waals surface area contributed by atoms with E-state index >= 15 is 0 Å². The van der Waals surface area contributed by atoms with Crippen LogP contribution in [-0.2, 0) is 0 Å². The van der Waals surface area contributed by atoms with Gasteiger partial charge in [0, 0.05) is 66.3 Å². The van der Waals surface area contributed by atoms with Gasteiger partial charge >= 0.3 is 5.97 Å². The van der Waals surface area contributed by atoms with Gasteiger partial charge in [0.05, 0.1) is 17.7 Å². The van der Waals surface area contributed by atoms with Crippen LogP contribution in [0, 0.1) is 6.92 Å². The van der Waals surface area contributed by atoms with Crippen molar-refractivity contribution in [1.82, 2.24) is 14.9 Å². The van der Waals surface area contributed by atoms with Crippen LogP contribution < -0.4 is 15.0 Å². The molecule has 1 aliphatic heterocycles. The normalized spacial score (nSPS) is 13.7. The minimum atomic E-state index is -0.429. The third kappa shape index (κ3) is 6.78. The number of ether oxygens (including phenoxy) is 1. The van der Waals surface area contributed by atoms with Gasteiger partial charge in [0.1, 0.15) is 5.75 Å². The van der Waals surface area contributed by atoms with Crippen molar-refractivity contribution < 1.29 is 14.6 Å². The fraction of sp³-hybridized carbons (Fsp3) is 0.206. The van der Waals surface area contributed by atoms with Crippen molar-refractivity contribution in [2.24, 2.45) is 0 Å². The Morgan fingerprint density at radius 3 is 2.58 bits per heavy atom. The molecule has 4 aromatic carbocycles. The van der Waals surface area contributed by atoms with Crippen molar-refractivity contribution in [3.8, 4) is 16.9 Å². The molecular weight excluding hydrogens is 562 g/mol. The topological polar surface area (TPSA) is 90.8 Å². The highest BCUT2D eigenvalue weighted by molar-refractivity contribution is 6.33. The third-order valence-electron chi connectivity index (χ3n) is 7.52. The number of anilines is 3. The number of hydrogen-bond donors (Lipinski definition) is 2. The second-order valence-electron chi connectivity index (χ2n) is 10.6. The first kappa shape index (κ1) is 28.6. The lowest BCUT2D eigenvalue weighted by molar-refractivity contribution is 0.0735. The predicted molar refractivity (Wildman–Crippen MR) is 172 cm³/mol. The van der Waals surface area contributed by atoms with Crippen LogP contribution in [0.2, 0.25) is 5.02 Å². The van der Waals surface area contributed by atoms with E-state index in [4.69, 9.17) is 21.3 Å². The van der Waals surface area contributed by atoms with Crippen molar-refractivity contribution in [2.75, 3.05) is 49.5 Å². The molecule has 218 valence electrons. The first-order valence-electron chi connectivity index (χ1n) is 14.3. The summed E-state index contributed by atoms with van der Waals surface area (Å²) in [6.45, 7) is 6.70. The smallest absolute Gasteiger partial charge is 0.343 e. The summed E-state index contributed by atoms with van der Waals surface area (Å²) in [6, 6.07) is 26.3. The molecule has 2 N–H and O–H groups in total. The second-order valence-corrected chi connectivity index (χ2v) is 11.0. The van der Waals surface area contributed by atoms with E-state index in [1.807, 2.05) is 24.3 Å². The summed E-state index contributed by atoms with van der Waals surface area (Å²) < 4.78 is 5.60. The maximum absolute atomic E-state index is 12.5. The van der Waals surface area contributed by atoms with E-state index in [-0.39, 0.29) is 6.61 Å². The van der Waals surface area contributed by atoms with Crippen LogP contribution in [0.1, 0.15) is 15.9 Å². The fourth-order valence-corrected chi connectivity index (χ4v) is 5.53. The number of β-amino-alcohol motifs (C(OH)–C–C–N with tert-alkyl or cyclic N) is 1. The van der Waals surface area contributed by atoms with Crippen LogP contribution in [-0.4, -0.2) is 65.3 Å². The number of nitrogens with one attached hydrogen (secondary N) is 1. The molecule has 1 saturated heterocycles. The molecule has 8 nitrogen and oxygen atoms in total. The molecule has 0 atom stereocenters. The first-order chi connectivity index (χ1) is 20.9. The molecule has 9 heteroatoms. The van der Waals surface area contributed by atoms with Crippen molar-refractivity contribution in [3.63, 3.8) is 0 Å². The highest BCUT2D eigenvalue weighted by atomic mass is 35.5. The Morgan fingerprint density at radius 2 is 1.79 bits per heavy atom. The lowest BCUT2D eigenvalue weighted by Gasteiger charge is -2.36. The molecule has 0 unspecified atom stereocenters. The lowest BCUT2D eigenvalue weighted by Crippen LogP contribution is -2.47. The van der Waals surface area contributed by atoms with Gasteiger partial charge in [0.25, 0.3) is 0 Å². The van der Waals surface area contributed by atoms with Crippen LogP contribution in [0.4, 0.5) is 17.3 Å². The number of piperazine rings is 1. The third-order valence-corrected chi connectivity index (χ3v) is 7.85. The molecular formula is C34H32ClN5O3. The number of halogens is 1. The van der Waals surface area contributed by atoms with Gasteiger partial charge in [0.2, 0.25) is 5.95 Å². The van der Waals surface area contributed by atoms with Gasteiger partial charge < -0.3 is 20.1 Å². The highest BCUT2D eigenvalue weighted by Crippen LogP contribution is 2.34. The molecule has 2 heterocycles. The van der Waals surface area contributed by atoms with E-state index in [1.165, 1.54) is 0 Å². The number of aryl methyl sites for hydroxylation is 1. The molecule has 0 aliphatic carbocycles. The zero-order valence-corrected chi connectivity index (χ0v) is 24.6. The molecule has 0 spiro atoms. The summed E-state index contributed by atoms with van der Waals surface area (Å²) >= 11 is 6.56. The lowest BCUT2D eigenvalue weighted by atomic mass is 10.0. The Balaban J connectivity index is 1.19. The molecule has 5 aromatic rings. The Bertz CT molecular complexity index is 1760. The average Bonchev–Trinajstić information content (AvgIpc) is 3.02. The number of aliphatic hydroxyl groups excluding tert-OH is 1. The van der Waals surface area contributed by atoms with Gasteiger partial charge in [-0.05, 0) is 78.7 Å². The summed E-state index contributed by atoms with van der Waals surface area (Å²) in [7, 11) is 0. The number of carbonyl (C=O) groups excluding carboxylic acids is 1. The maximum Gasteiger partial charge on any atom is 0.343 e. The van der Waals surface area contributed by atoms with Crippen LogP contribution >= 0.6 is 11.6 Å². The predicted octanol–water partition coefficient (Wildman–Crippen LogP) is 6.34. The van der Waals surface area contributed by atoms with E-state index in [2.05, 4.69) is 45.2 Å². The largest absolute Gasteiger partial charge is 0.423 e. The zero-order valence-electron chi connectivity index (χ0n) is 23.8. The maximum atomic E-state index is 12.5. The average molecular weight is 594 g/mol. The van der Waals surface area contributed by atoms with Gasteiger partial charge in [-0.3, -0.25) is 4.90 Å². The molecule has 1 fully saturated rings.